The molecule has 0 aromatic heterocycles. The summed E-state index contributed by atoms with van der Waals surface area (Å²) >= 11 is 0. The first-order chi connectivity index (χ1) is 8.24. The predicted molar refractivity (Wildman–Crippen MR) is 62.7 cm³/mol. The van der Waals surface area contributed by atoms with Crippen LogP contribution in [0.2, 0.25) is 0 Å². The van der Waals surface area contributed by atoms with Crippen molar-refractivity contribution in [3.05, 3.63) is 0 Å². The molecule has 108 valence electrons. The van der Waals surface area contributed by atoms with Crippen LogP contribution < -0.4 is 5.32 Å². The summed E-state index contributed by atoms with van der Waals surface area (Å²) in [5.74, 6) is -0.428. The minimum atomic E-state index is -4.29. The zero-order valence-electron chi connectivity index (χ0n) is 10.3. The summed E-state index contributed by atoms with van der Waals surface area (Å²) in [6.45, 7) is 0.761. The third-order valence-corrected chi connectivity index (χ3v) is 4.97. The van der Waals surface area contributed by atoms with Gasteiger partial charge in [0.15, 0.2) is 0 Å². The number of hydrogen-bond donors (Lipinski definition) is 1. The van der Waals surface area contributed by atoms with E-state index in [9.17, 15) is 21.6 Å². The topological polar surface area (TPSA) is 49.4 Å². The molecule has 0 aromatic rings. The van der Waals surface area contributed by atoms with Crippen molar-refractivity contribution in [2.75, 3.05) is 25.9 Å². The highest BCUT2D eigenvalue weighted by atomic mass is 32.2. The van der Waals surface area contributed by atoms with E-state index in [1.807, 2.05) is 0 Å². The van der Waals surface area contributed by atoms with Crippen molar-refractivity contribution >= 4 is 10.0 Å². The Bertz CT molecular complexity index is 357. The predicted octanol–water partition coefficient (Wildman–Crippen LogP) is 1.34. The van der Waals surface area contributed by atoms with Crippen LogP contribution in [0, 0.1) is 0 Å². The molecule has 0 bridgehead atoms. The average Bonchev–Trinajstić information content (AvgIpc) is 2.27. The Hall–Kier alpha value is -0.340. The van der Waals surface area contributed by atoms with Gasteiger partial charge in [-0.25, -0.2) is 12.7 Å². The standard InChI is InChI=1S/C10H19F3N2O2S/c1-14-9-4-2-6-15(8-9)18(16,17)7-3-5-10(11,12)13/h9,14H,2-8H2,1H3. The molecule has 1 fully saturated rings. The van der Waals surface area contributed by atoms with Gasteiger partial charge in [0.2, 0.25) is 10.0 Å². The molecule has 1 atom stereocenters. The fourth-order valence-electron chi connectivity index (χ4n) is 2.01. The lowest BCUT2D eigenvalue weighted by atomic mass is 10.1. The van der Waals surface area contributed by atoms with Gasteiger partial charge in [0, 0.05) is 25.6 Å². The van der Waals surface area contributed by atoms with Gasteiger partial charge in [0.1, 0.15) is 0 Å². The van der Waals surface area contributed by atoms with Crippen molar-refractivity contribution in [3.63, 3.8) is 0 Å². The number of likely N-dealkylation sites (N-methyl/N-ethyl adjacent to an activating group) is 1. The average molecular weight is 288 g/mol. The summed E-state index contributed by atoms with van der Waals surface area (Å²) < 4.78 is 60.9. The first kappa shape index (κ1) is 15.7. The molecule has 1 N–H and O–H groups in total. The van der Waals surface area contributed by atoms with E-state index in [0.29, 0.717) is 13.1 Å². The van der Waals surface area contributed by atoms with Crippen LogP contribution in [-0.4, -0.2) is 50.8 Å². The van der Waals surface area contributed by atoms with Crippen molar-refractivity contribution in [1.82, 2.24) is 9.62 Å². The Labute approximate surface area is 106 Å². The fourth-order valence-corrected chi connectivity index (χ4v) is 3.60. The smallest absolute Gasteiger partial charge is 0.316 e. The maximum Gasteiger partial charge on any atom is 0.389 e. The molecule has 1 aliphatic rings. The van der Waals surface area contributed by atoms with Gasteiger partial charge in [0.05, 0.1) is 5.75 Å². The van der Waals surface area contributed by atoms with Crippen LogP contribution in [0.3, 0.4) is 0 Å². The molecule has 18 heavy (non-hydrogen) atoms. The van der Waals surface area contributed by atoms with Gasteiger partial charge in [-0.2, -0.15) is 13.2 Å². The molecule has 8 heteroatoms. The molecule has 0 amide bonds. The van der Waals surface area contributed by atoms with Gasteiger partial charge in [0.25, 0.3) is 0 Å². The molecule has 1 saturated heterocycles. The highest BCUT2D eigenvalue weighted by molar-refractivity contribution is 7.89. The van der Waals surface area contributed by atoms with E-state index < -0.39 is 28.4 Å². The molecule has 1 heterocycles. The molecule has 0 saturated carbocycles. The molecular formula is C10H19F3N2O2S. The molecule has 0 spiro atoms. The Balaban J connectivity index is 2.47. The molecule has 0 radical (unpaired) electrons. The van der Waals surface area contributed by atoms with Gasteiger partial charge in [-0.3, -0.25) is 0 Å². The highest BCUT2D eigenvalue weighted by Gasteiger charge is 2.31. The number of nitrogens with one attached hydrogen (secondary N) is 1. The lowest BCUT2D eigenvalue weighted by Gasteiger charge is -2.31. The first-order valence-corrected chi connectivity index (χ1v) is 7.57. The Morgan fingerprint density at radius 1 is 1.39 bits per heavy atom. The number of alkyl halides is 3. The zero-order valence-corrected chi connectivity index (χ0v) is 11.1. The molecule has 4 nitrogen and oxygen atoms in total. The Morgan fingerprint density at radius 3 is 2.61 bits per heavy atom. The third-order valence-electron chi connectivity index (χ3n) is 3.05. The van der Waals surface area contributed by atoms with E-state index >= 15 is 0 Å². The summed E-state index contributed by atoms with van der Waals surface area (Å²) in [6.07, 6.45) is -4.07. The van der Waals surface area contributed by atoms with Crippen molar-refractivity contribution in [1.29, 1.82) is 0 Å². The summed E-state index contributed by atoms with van der Waals surface area (Å²) in [7, 11) is -1.80. The number of piperidine rings is 1. The van der Waals surface area contributed by atoms with Crippen molar-refractivity contribution in [2.24, 2.45) is 0 Å². The summed E-state index contributed by atoms with van der Waals surface area (Å²) in [5.41, 5.74) is 0. The molecule has 0 aliphatic carbocycles. The minimum Gasteiger partial charge on any atom is -0.316 e. The van der Waals surface area contributed by atoms with Gasteiger partial charge in [-0.05, 0) is 26.3 Å². The summed E-state index contributed by atoms with van der Waals surface area (Å²) in [5, 5.41) is 3.00. The largest absolute Gasteiger partial charge is 0.389 e. The van der Waals surface area contributed by atoms with Gasteiger partial charge in [-0.15, -0.1) is 0 Å². The van der Waals surface area contributed by atoms with Crippen molar-refractivity contribution in [3.8, 4) is 0 Å². The van der Waals surface area contributed by atoms with Crippen LogP contribution in [0.1, 0.15) is 25.7 Å². The van der Waals surface area contributed by atoms with E-state index in [1.54, 1.807) is 7.05 Å². The normalized spacial score (nSPS) is 23.2. The van der Waals surface area contributed by atoms with Gasteiger partial charge < -0.3 is 5.32 Å². The molecule has 1 unspecified atom stereocenters. The molecule has 1 aliphatic heterocycles. The van der Waals surface area contributed by atoms with Gasteiger partial charge >= 0.3 is 6.18 Å². The number of rotatable bonds is 5. The second-order valence-electron chi connectivity index (χ2n) is 4.52. The van der Waals surface area contributed by atoms with Crippen molar-refractivity contribution < 1.29 is 21.6 Å². The van der Waals surface area contributed by atoms with Crippen LogP contribution in [0.4, 0.5) is 13.2 Å². The van der Waals surface area contributed by atoms with Crippen LogP contribution in [0.5, 0.6) is 0 Å². The summed E-state index contributed by atoms with van der Waals surface area (Å²) in [6, 6.07) is 0.0936. The fraction of sp³-hybridized carbons (Fsp3) is 1.00. The SMILES string of the molecule is CNC1CCCN(S(=O)(=O)CCCC(F)(F)F)C1. The lowest BCUT2D eigenvalue weighted by molar-refractivity contribution is -0.134. The van der Waals surface area contributed by atoms with Crippen LogP contribution in [0.15, 0.2) is 0 Å². The quantitative estimate of drug-likeness (QED) is 0.830. The van der Waals surface area contributed by atoms with E-state index in [0.717, 1.165) is 12.8 Å². The number of sulfonamides is 1. The van der Waals surface area contributed by atoms with Crippen LogP contribution in [0.25, 0.3) is 0 Å². The second-order valence-corrected chi connectivity index (χ2v) is 6.61. The molecule has 1 rings (SSSR count). The maximum absolute atomic E-state index is 12.0. The van der Waals surface area contributed by atoms with E-state index in [1.165, 1.54) is 4.31 Å². The Morgan fingerprint density at radius 2 is 2.06 bits per heavy atom. The first-order valence-electron chi connectivity index (χ1n) is 5.96. The van der Waals surface area contributed by atoms with Crippen molar-refractivity contribution in [2.45, 2.75) is 37.9 Å². The summed E-state index contributed by atoms with van der Waals surface area (Å²) in [4.78, 5) is 0. The monoisotopic (exact) mass is 288 g/mol. The minimum absolute atomic E-state index is 0.0936. The maximum atomic E-state index is 12.0. The zero-order chi connectivity index (χ0) is 13.8. The van der Waals surface area contributed by atoms with Crippen LogP contribution >= 0.6 is 0 Å². The van der Waals surface area contributed by atoms with E-state index in [2.05, 4.69) is 5.32 Å². The van der Waals surface area contributed by atoms with Gasteiger partial charge in [-0.1, -0.05) is 0 Å². The number of nitrogens with zero attached hydrogens (tertiary/aromatic N) is 1. The third kappa shape index (κ3) is 5.11. The van der Waals surface area contributed by atoms with E-state index in [-0.39, 0.29) is 12.5 Å². The second kappa shape index (κ2) is 6.21. The number of hydrogen-bond acceptors (Lipinski definition) is 3. The van der Waals surface area contributed by atoms with E-state index in [4.69, 9.17) is 0 Å². The number of halogens is 3. The van der Waals surface area contributed by atoms with Crippen LogP contribution in [-0.2, 0) is 10.0 Å². The highest BCUT2D eigenvalue weighted by Crippen LogP contribution is 2.22. The Kier molecular flexibility index (Phi) is 5.42. The lowest BCUT2D eigenvalue weighted by Crippen LogP contribution is -2.47. The molecule has 0 aromatic carbocycles. The molecular weight excluding hydrogens is 269 g/mol.